The normalized spacial score (nSPS) is 48.7. The van der Waals surface area contributed by atoms with E-state index in [1.54, 1.807) is 0 Å². The van der Waals surface area contributed by atoms with Gasteiger partial charge in [0.1, 0.15) is 5.78 Å². The molecule has 0 aromatic carbocycles. The second-order valence-electron chi connectivity index (χ2n) is 6.91. The minimum Gasteiger partial charge on any atom is -0.351 e. The number of carbonyl (C=O) groups is 1. The van der Waals surface area contributed by atoms with Crippen LogP contribution in [0.3, 0.4) is 0 Å². The number of ether oxygens (including phenoxy) is 2. The van der Waals surface area contributed by atoms with Gasteiger partial charge in [0.25, 0.3) is 0 Å². The monoisotopic (exact) mass is 248 g/mol. The third-order valence-corrected chi connectivity index (χ3v) is 5.94. The first-order chi connectivity index (χ1) is 8.56. The third-order valence-electron chi connectivity index (χ3n) is 5.94. The summed E-state index contributed by atoms with van der Waals surface area (Å²) in [7, 11) is 0. The van der Waals surface area contributed by atoms with Gasteiger partial charge in [-0.1, -0.05) is 19.9 Å². The summed E-state index contributed by atoms with van der Waals surface area (Å²) < 4.78 is 11.7. The Labute approximate surface area is 108 Å². The fraction of sp³-hybridized carbons (Fsp3) is 0.800. The van der Waals surface area contributed by atoms with E-state index in [4.69, 9.17) is 9.47 Å². The summed E-state index contributed by atoms with van der Waals surface area (Å²) in [6.45, 7) is 5.77. The van der Waals surface area contributed by atoms with Crippen molar-refractivity contribution in [3.8, 4) is 0 Å². The van der Waals surface area contributed by atoms with Crippen molar-refractivity contribution in [1.29, 1.82) is 0 Å². The number of allylic oxidation sites excluding steroid dienone is 1. The summed E-state index contributed by atoms with van der Waals surface area (Å²) in [5.41, 5.74) is 1.39. The lowest BCUT2D eigenvalue weighted by molar-refractivity contribution is -0.142. The van der Waals surface area contributed by atoms with E-state index in [0.29, 0.717) is 24.0 Å². The molecule has 1 saturated carbocycles. The molecule has 1 spiro atoms. The largest absolute Gasteiger partial charge is 0.351 e. The van der Waals surface area contributed by atoms with E-state index < -0.39 is 0 Å². The molecule has 4 atom stereocenters. The van der Waals surface area contributed by atoms with Crippen molar-refractivity contribution in [2.45, 2.75) is 39.4 Å². The highest BCUT2D eigenvalue weighted by molar-refractivity contribution is 5.85. The number of Topliss-reactive ketones (excluding diaryl/α,β-unsaturated/α-hetero) is 1. The van der Waals surface area contributed by atoms with Crippen molar-refractivity contribution >= 4 is 5.78 Å². The zero-order valence-corrected chi connectivity index (χ0v) is 11.1. The Hall–Kier alpha value is -0.670. The van der Waals surface area contributed by atoms with Gasteiger partial charge in [0.05, 0.1) is 13.2 Å². The Kier molecular flexibility index (Phi) is 2.02. The summed E-state index contributed by atoms with van der Waals surface area (Å²) in [5.74, 6) is 1.27. The van der Waals surface area contributed by atoms with Crippen molar-refractivity contribution in [1.82, 2.24) is 0 Å². The number of hydrogen-bond acceptors (Lipinski definition) is 3. The highest BCUT2D eigenvalue weighted by atomic mass is 16.7. The molecule has 3 nitrogen and oxygen atoms in total. The third kappa shape index (κ3) is 1.11. The van der Waals surface area contributed by atoms with E-state index in [-0.39, 0.29) is 17.1 Å². The fourth-order valence-corrected chi connectivity index (χ4v) is 4.94. The van der Waals surface area contributed by atoms with Crippen LogP contribution in [0.4, 0.5) is 0 Å². The molecule has 4 aliphatic rings. The van der Waals surface area contributed by atoms with Gasteiger partial charge in [0.2, 0.25) is 0 Å². The molecular formula is C15H20O3. The summed E-state index contributed by atoms with van der Waals surface area (Å²) in [6, 6.07) is 0. The van der Waals surface area contributed by atoms with E-state index in [0.717, 1.165) is 26.1 Å². The van der Waals surface area contributed by atoms with Gasteiger partial charge in [-0.15, -0.1) is 0 Å². The zero-order valence-electron chi connectivity index (χ0n) is 11.1. The molecule has 2 saturated heterocycles. The Morgan fingerprint density at radius 1 is 1.33 bits per heavy atom. The highest BCUT2D eigenvalue weighted by Crippen LogP contribution is 2.63. The molecule has 0 aromatic rings. The van der Waals surface area contributed by atoms with Crippen molar-refractivity contribution < 1.29 is 14.3 Å². The van der Waals surface area contributed by atoms with Crippen LogP contribution in [0.25, 0.3) is 0 Å². The first-order valence-corrected chi connectivity index (χ1v) is 7.01. The summed E-state index contributed by atoms with van der Waals surface area (Å²) in [6.07, 6.45) is 5.00. The van der Waals surface area contributed by atoms with Crippen LogP contribution in [-0.2, 0) is 14.3 Å². The van der Waals surface area contributed by atoms with Gasteiger partial charge in [0, 0.05) is 23.2 Å². The molecule has 3 heteroatoms. The molecule has 0 aromatic heterocycles. The van der Waals surface area contributed by atoms with Crippen LogP contribution in [0.5, 0.6) is 0 Å². The summed E-state index contributed by atoms with van der Waals surface area (Å²) in [5, 5.41) is 0. The van der Waals surface area contributed by atoms with Gasteiger partial charge in [-0.3, -0.25) is 4.79 Å². The zero-order chi connectivity index (χ0) is 12.5. The molecule has 4 rings (SSSR count). The van der Waals surface area contributed by atoms with E-state index in [9.17, 15) is 4.79 Å². The Morgan fingerprint density at radius 3 is 3.00 bits per heavy atom. The first-order valence-electron chi connectivity index (χ1n) is 7.01. The topological polar surface area (TPSA) is 35.5 Å². The van der Waals surface area contributed by atoms with Crippen molar-refractivity contribution in [3.63, 3.8) is 0 Å². The van der Waals surface area contributed by atoms with Gasteiger partial charge < -0.3 is 9.47 Å². The molecule has 2 heterocycles. The second kappa shape index (κ2) is 3.26. The quantitative estimate of drug-likeness (QED) is 0.617. The minimum atomic E-state index is -0.207. The smallest absolute Gasteiger partial charge is 0.165 e. The van der Waals surface area contributed by atoms with Crippen molar-refractivity contribution in [2.24, 2.45) is 22.7 Å². The highest BCUT2D eigenvalue weighted by Gasteiger charge is 2.64. The van der Waals surface area contributed by atoms with E-state index in [1.165, 1.54) is 5.57 Å². The van der Waals surface area contributed by atoms with Gasteiger partial charge >= 0.3 is 0 Å². The van der Waals surface area contributed by atoms with Crippen LogP contribution >= 0.6 is 0 Å². The maximum Gasteiger partial charge on any atom is 0.165 e. The fourth-order valence-electron chi connectivity index (χ4n) is 4.94. The van der Waals surface area contributed by atoms with Gasteiger partial charge in [-0.25, -0.2) is 0 Å². The Bertz CT molecular complexity index is 451. The molecule has 0 radical (unpaired) electrons. The van der Waals surface area contributed by atoms with E-state index >= 15 is 0 Å². The SMILES string of the molecule is CC1(C)C(=O)CCC23COC4OCC(=CCC12)C43. The lowest BCUT2D eigenvalue weighted by Crippen LogP contribution is -2.53. The van der Waals surface area contributed by atoms with Crippen molar-refractivity contribution in [2.75, 3.05) is 13.2 Å². The second-order valence-corrected chi connectivity index (χ2v) is 6.91. The molecule has 0 amide bonds. The number of ketones is 1. The number of rotatable bonds is 0. The molecule has 3 fully saturated rings. The molecule has 0 N–H and O–H groups in total. The van der Waals surface area contributed by atoms with Crippen LogP contribution < -0.4 is 0 Å². The number of hydrogen-bond donors (Lipinski definition) is 0. The van der Waals surface area contributed by atoms with Crippen LogP contribution in [0.2, 0.25) is 0 Å². The lowest BCUT2D eigenvalue weighted by Gasteiger charge is -2.53. The molecular weight excluding hydrogens is 228 g/mol. The lowest BCUT2D eigenvalue weighted by atomic mass is 9.48. The van der Waals surface area contributed by atoms with Crippen LogP contribution in [0.1, 0.15) is 33.1 Å². The van der Waals surface area contributed by atoms with E-state index in [2.05, 4.69) is 19.9 Å². The number of carbonyl (C=O) groups excluding carboxylic acids is 1. The maximum absolute atomic E-state index is 12.2. The molecule has 2 aliphatic carbocycles. The minimum absolute atomic E-state index is 0.0388. The average Bonchev–Trinajstić information content (AvgIpc) is 2.91. The van der Waals surface area contributed by atoms with Gasteiger partial charge in [-0.2, -0.15) is 0 Å². The first kappa shape index (κ1) is 11.2. The molecule has 4 unspecified atom stereocenters. The van der Waals surface area contributed by atoms with Crippen LogP contribution in [0.15, 0.2) is 11.6 Å². The Balaban J connectivity index is 1.84. The molecule has 18 heavy (non-hydrogen) atoms. The molecule has 0 bridgehead atoms. The molecule has 98 valence electrons. The Morgan fingerprint density at radius 2 is 2.17 bits per heavy atom. The van der Waals surface area contributed by atoms with Crippen molar-refractivity contribution in [3.05, 3.63) is 11.6 Å². The summed E-state index contributed by atoms with van der Waals surface area (Å²) in [4.78, 5) is 12.2. The summed E-state index contributed by atoms with van der Waals surface area (Å²) >= 11 is 0. The average molecular weight is 248 g/mol. The van der Waals surface area contributed by atoms with Crippen LogP contribution in [-0.4, -0.2) is 25.3 Å². The van der Waals surface area contributed by atoms with Gasteiger partial charge in [-0.05, 0) is 24.3 Å². The predicted octanol–water partition coefficient (Wildman–Crippen LogP) is 2.31. The molecule has 2 aliphatic heterocycles. The van der Waals surface area contributed by atoms with Gasteiger partial charge in [0.15, 0.2) is 6.29 Å². The maximum atomic E-state index is 12.2. The predicted molar refractivity (Wildman–Crippen MR) is 65.8 cm³/mol. The van der Waals surface area contributed by atoms with E-state index in [1.807, 2.05) is 0 Å². The van der Waals surface area contributed by atoms with Crippen LogP contribution in [0, 0.1) is 22.7 Å². The standard InChI is InChI=1S/C15H20O3/c1-14(2)10-4-3-9-7-17-13-12(9)15(10,8-18-13)6-5-11(14)16/h3,10,12-13H,4-8H2,1-2H3.